The maximum atomic E-state index is 13.6. The molecular weight excluding hydrogens is 271 g/mol. The summed E-state index contributed by atoms with van der Waals surface area (Å²) in [5.41, 5.74) is 2.28. The highest BCUT2D eigenvalue weighted by atomic mass is 32.2. The van der Waals surface area contributed by atoms with Gasteiger partial charge < -0.3 is 4.74 Å². The summed E-state index contributed by atoms with van der Waals surface area (Å²) in [5, 5.41) is 1.35. The Bertz CT molecular complexity index is 550. The Morgan fingerprint density at radius 2 is 2.10 bits per heavy atom. The Labute approximate surface area is 123 Å². The van der Waals surface area contributed by atoms with Gasteiger partial charge in [-0.2, -0.15) is 11.8 Å². The van der Waals surface area contributed by atoms with Crippen LogP contribution in [0.25, 0.3) is 5.57 Å². The molecule has 1 nitrogen and oxygen atoms in total. The van der Waals surface area contributed by atoms with Gasteiger partial charge in [0.15, 0.2) is 0 Å². The molecule has 1 aromatic carbocycles. The molecule has 0 amide bonds. The smallest absolute Gasteiger partial charge is 0.126 e. The van der Waals surface area contributed by atoms with Crippen LogP contribution in [0.15, 0.2) is 24.3 Å². The van der Waals surface area contributed by atoms with Crippen LogP contribution in [-0.2, 0) is 0 Å². The van der Waals surface area contributed by atoms with Crippen LogP contribution >= 0.6 is 11.8 Å². The molecule has 0 radical (unpaired) electrons. The Kier molecular flexibility index (Phi) is 3.25. The minimum atomic E-state index is -0.162. The summed E-state index contributed by atoms with van der Waals surface area (Å²) >= 11 is 2.08. The van der Waals surface area contributed by atoms with E-state index in [0.29, 0.717) is 5.25 Å². The molecule has 20 heavy (non-hydrogen) atoms. The minimum absolute atomic E-state index is 0.162. The molecule has 2 bridgehead atoms. The van der Waals surface area contributed by atoms with Gasteiger partial charge in [0.2, 0.25) is 0 Å². The molecule has 3 aliphatic rings. The zero-order valence-electron chi connectivity index (χ0n) is 11.5. The number of thioether (sulfide) groups is 1. The van der Waals surface area contributed by atoms with Crippen molar-refractivity contribution in [3.8, 4) is 5.75 Å². The highest BCUT2D eigenvalue weighted by molar-refractivity contribution is 8.01. The van der Waals surface area contributed by atoms with E-state index >= 15 is 0 Å². The third-order valence-corrected chi connectivity index (χ3v) is 5.94. The van der Waals surface area contributed by atoms with Crippen LogP contribution in [0.1, 0.15) is 37.7 Å². The van der Waals surface area contributed by atoms with Crippen molar-refractivity contribution in [1.82, 2.24) is 0 Å². The van der Waals surface area contributed by atoms with Gasteiger partial charge in [0.05, 0.1) is 6.61 Å². The maximum Gasteiger partial charge on any atom is 0.126 e. The molecule has 1 saturated carbocycles. The quantitative estimate of drug-likeness (QED) is 0.797. The molecule has 2 fully saturated rings. The van der Waals surface area contributed by atoms with E-state index in [1.165, 1.54) is 37.3 Å². The van der Waals surface area contributed by atoms with Crippen LogP contribution in [-0.4, -0.2) is 17.1 Å². The van der Waals surface area contributed by atoms with E-state index < -0.39 is 0 Å². The van der Waals surface area contributed by atoms with Crippen LogP contribution < -0.4 is 4.74 Å². The second-order valence-electron chi connectivity index (χ2n) is 6.16. The Balaban J connectivity index is 1.62. The molecule has 1 aliphatic carbocycles. The van der Waals surface area contributed by atoms with E-state index in [-0.39, 0.29) is 5.82 Å². The first-order valence-corrected chi connectivity index (χ1v) is 8.51. The van der Waals surface area contributed by atoms with Crippen LogP contribution in [0.2, 0.25) is 0 Å². The molecule has 106 valence electrons. The molecule has 0 aromatic heterocycles. The van der Waals surface area contributed by atoms with Gasteiger partial charge in [-0.3, -0.25) is 0 Å². The van der Waals surface area contributed by atoms with E-state index in [1.807, 2.05) is 0 Å². The zero-order chi connectivity index (χ0) is 13.5. The molecule has 0 spiro atoms. The molecule has 2 aliphatic heterocycles. The molecule has 2 heterocycles. The van der Waals surface area contributed by atoms with Crippen molar-refractivity contribution in [2.45, 2.75) is 42.6 Å². The second-order valence-corrected chi connectivity index (χ2v) is 7.71. The molecule has 2 unspecified atom stereocenters. The molecule has 1 saturated heterocycles. The van der Waals surface area contributed by atoms with Crippen LogP contribution in [0, 0.1) is 11.7 Å². The van der Waals surface area contributed by atoms with Crippen molar-refractivity contribution in [3.63, 3.8) is 0 Å². The van der Waals surface area contributed by atoms with Gasteiger partial charge in [-0.05, 0) is 61.8 Å². The van der Waals surface area contributed by atoms with Gasteiger partial charge in [0.1, 0.15) is 11.6 Å². The van der Waals surface area contributed by atoms with Crippen molar-refractivity contribution < 1.29 is 9.13 Å². The standard InChI is InChI=1S/C17H19FOS/c18-13-3-6-17(19-10-11-1-2-11)16(9-13)12-7-14-4-5-15(8-12)20-14/h3,6-7,9,11,14-15H,1-2,4-5,8,10H2. The summed E-state index contributed by atoms with van der Waals surface area (Å²) in [6, 6.07) is 4.97. The van der Waals surface area contributed by atoms with E-state index in [9.17, 15) is 4.39 Å². The first-order valence-electron chi connectivity index (χ1n) is 7.57. The van der Waals surface area contributed by atoms with Gasteiger partial charge in [0, 0.05) is 16.1 Å². The van der Waals surface area contributed by atoms with Gasteiger partial charge in [-0.25, -0.2) is 4.39 Å². The second kappa shape index (κ2) is 5.10. The molecule has 2 atom stereocenters. The minimum Gasteiger partial charge on any atom is -0.493 e. The number of hydrogen-bond donors (Lipinski definition) is 0. The fraction of sp³-hybridized carbons (Fsp3) is 0.529. The van der Waals surface area contributed by atoms with E-state index in [0.717, 1.165) is 35.5 Å². The molecule has 3 heteroatoms. The van der Waals surface area contributed by atoms with E-state index in [2.05, 4.69) is 17.8 Å². The van der Waals surface area contributed by atoms with Crippen molar-refractivity contribution >= 4 is 17.3 Å². The highest BCUT2D eigenvalue weighted by Gasteiger charge is 2.31. The number of benzene rings is 1. The third kappa shape index (κ3) is 2.60. The summed E-state index contributed by atoms with van der Waals surface area (Å²) in [7, 11) is 0. The third-order valence-electron chi connectivity index (χ3n) is 4.43. The number of halogens is 1. The molecule has 1 aromatic rings. The summed E-state index contributed by atoms with van der Waals surface area (Å²) in [6.07, 6.45) is 8.52. The SMILES string of the molecule is Fc1ccc(OCC2CC2)c(C2=CC3CCC(C2)S3)c1. The van der Waals surface area contributed by atoms with Gasteiger partial charge in [0.25, 0.3) is 0 Å². The fourth-order valence-corrected chi connectivity index (χ4v) is 4.67. The Morgan fingerprint density at radius 3 is 2.90 bits per heavy atom. The first-order chi connectivity index (χ1) is 9.78. The Morgan fingerprint density at radius 1 is 1.20 bits per heavy atom. The van der Waals surface area contributed by atoms with Crippen molar-refractivity contribution in [2.75, 3.05) is 6.61 Å². The van der Waals surface area contributed by atoms with Crippen molar-refractivity contribution in [3.05, 3.63) is 35.7 Å². The topological polar surface area (TPSA) is 9.23 Å². The van der Waals surface area contributed by atoms with Gasteiger partial charge >= 0.3 is 0 Å². The summed E-state index contributed by atoms with van der Waals surface area (Å²) in [6.45, 7) is 0.785. The number of ether oxygens (including phenoxy) is 1. The predicted molar refractivity (Wildman–Crippen MR) is 81.6 cm³/mol. The lowest BCUT2D eigenvalue weighted by Gasteiger charge is -2.21. The lowest BCUT2D eigenvalue weighted by molar-refractivity contribution is 0.298. The summed E-state index contributed by atoms with van der Waals surface area (Å²) < 4.78 is 19.6. The lowest BCUT2D eigenvalue weighted by Crippen LogP contribution is -2.08. The molecular formula is C17H19FOS. The monoisotopic (exact) mass is 290 g/mol. The average molecular weight is 290 g/mol. The van der Waals surface area contributed by atoms with Crippen molar-refractivity contribution in [1.29, 1.82) is 0 Å². The number of fused-ring (bicyclic) bond motifs is 2. The highest BCUT2D eigenvalue weighted by Crippen LogP contribution is 2.46. The summed E-state index contributed by atoms with van der Waals surface area (Å²) in [5.74, 6) is 1.43. The Hall–Kier alpha value is -0.960. The van der Waals surface area contributed by atoms with Crippen molar-refractivity contribution in [2.24, 2.45) is 5.92 Å². The van der Waals surface area contributed by atoms with Gasteiger partial charge in [-0.1, -0.05) is 6.08 Å². The van der Waals surface area contributed by atoms with Gasteiger partial charge in [-0.15, -0.1) is 0 Å². The molecule has 4 rings (SSSR count). The van der Waals surface area contributed by atoms with E-state index in [4.69, 9.17) is 4.74 Å². The lowest BCUT2D eigenvalue weighted by atomic mass is 9.99. The van der Waals surface area contributed by atoms with E-state index in [1.54, 1.807) is 12.1 Å². The summed E-state index contributed by atoms with van der Waals surface area (Å²) in [4.78, 5) is 0. The number of allylic oxidation sites excluding steroid dienone is 1. The zero-order valence-corrected chi connectivity index (χ0v) is 12.3. The molecule has 0 N–H and O–H groups in total. The predicted octanol–water partition coefficient (Wildman–Crippen LogP) is 4.67. The van der Waals surface area contributed by atoms with Crippen LogP contribution in [0.3, 0.4) is 0 Å². The first kappa shape index (κ1) is 12.8. The largest absolute Gasteiger partial charge is 0.493 e. The average Bonchev–Trinajstić information content (AvgIpc) is 3.22. The number of hydrogen-bond acceptors (Lipinski definition) is 2. The van der Waals surface area contributed by atoms with Crippen LogP contribution in [0.5, 0.6) is 5.75 Å². The normalized spacial score (nSPS) is 28.4. The fourth-order valence-electron chi connectivity index (χ4n) is 3.11. The maximum absolute atomic E-state index is 13.6. The number of rotatable bonds is 4. The van der Waals surface area contributed by atoms with Crippen LogP contribution in [0.4, 0.5) is 4.39 Å².